The van der Waals surface area contributed by atoms with Crippen LogP contribution in [0.3, 0.4) is 0 Å². The van der Waals surface area contributed by atoms with Crippen molar-refractivity contribution >= 4 is 30.7 Å². The minimum atomic E-state index is -0.801. The molecule has 0 aromatic carbocycles. The first-order valence-corrected chi connectivity index (χ1v) is 6.76. The lowest BCUT2D eigenvalue weighted by molar-refractivity contribution is -0.139. The van der Waals surface area contributed by atoms with Gasteiger partial charge in [-0.25, -0.2) is 0 Å². The minimum absolute atomic E-state index is 0. The molecule has 0 saturated carbocycles. The van der Waals surface area contributed by atoms with Gasteiger partial charge in [0, 0.05) is 32.2 Å². The van der Waals surface area contributed by atoms with Crippen LogP contribution in [-0.2, 0) is 4.79 Å². The smallest absolute Gasteiger partial charge is 0.242 e. The van der Waals surface area contributed by atoms with E-state index in [1.165, 1.54) is 0 Å². The van der Waals surface area contributed by atoms with Gasteiger partial charge < -0.3 is 15.7 Å². The molecule has 1 aliphatic heterocycles. The van der Waals surface area contributed by atoms with E-state index in [1.54, 1.807) is 20.8 Å². The number of nitrogens with two attached hydrogens (primary N) is 1. The van der Waals surface area contributed by atoms with E-state index < -0.39 is 5.54 Å². The summed E-state index contributed by atoms with van der Waals surface area (Å²) in [4.78, 5) is 16.3. The number of β-amino-alcohol motifs (C(OH)–C–C–N with tert-alkyl or cyclic N) is 1. The molecule has 2 atom stereocenters. The molecular formula is C13H29Cl2N3O2. The molecule has 1 saturated heterocycles. The summed E-state index contributed by atoms with van der Waals surface area (Å²) in [6.45, 7) is 10.3. The maximum absolute atomic E-state index is 12.1. The van der Waals surface area contributed by atoms with Crippen LogP contribution < -0.4 is 5.73 Å². The Morgan fingerprint density at radius 1 is 1.40 bits per heavy atom. The number of aliphatic hydroxyl groups excluding tert-OH is 1. The summed E-state index contributed by atoms with van der Waals surface area (Å²) in [6, 6.07) is 0.319. The van der Waals surface area contributed by atoms with Crippen molar-refractivity contribution < 1.29 is 9.90 Å². The van der Waals surface area contributed by atoms with Crippen molar-refractivity contribution in [1.82, 2.24) is 9.80 Å². The van der Waals surface area contributed by atoms with Crippen LogP contribution in [0.4, 0.5) is 0 Å². The fraction of sp³-hybridized carbons (Fsp3) is 0.923. The zero-order chi connectivity index (χ0) is 13.9. The normalized spacial score (nSPS) is 21.7. The number of rotatable bonds is 4. The van der Waals surface area contributed by atoms with Crippen LogP contribution in [0.1, 0.15) is 34.1 Å². The summed E-state index contributed by atoms with van der Waals surface area (Å²) in [5.74, 6) is 0.0117. The van der Waals surface area contributed by atoms with E-state index in [-0.39, 0.29) is 36.8 Å². The van der Waals surface area contributed by atoms with Crippen molar-refractivity contribution in [3.63, 3.8) is 0 Å². The fourth-order valence-corrected chi connectivity index (χ4v) is 2.45. The number of hydrogen-bond acceptors (Lipinski definition) is 4. The number of carbonyl (C=O) groups is 1. The Hall–Kier alpha value is -0.0700. The van der Waals surface area contributed by atoms with E-state index in [1.807, 2.05) is 4.90 Å². The Balaban J connectivity index is 0. The van der Waals surface area contributed by atoms with Gasteiger partial charge in [0.25, 0.3) is 0 Å². The van der Waals surface area contributed by atoms with E-state index in [2.05, 4.69) is 11.8 Å². The lowest BCUT2D eigenvalue weighted by atomic mass is 10.0. The quantitative estimate of drug-likeness (QED) is 0.803. The van der Waals surface area contributed by atoms with Gasteiger partial charge in [-0.2, -0.15) is 0 Å². The van der Waals surface area contributed by atoms with Gasteiger partial charge >= 0.3 is 0 Å². The summed E-state index contributed by atoms with van der Waals surface area (Å²) in [5.41, 5.74) is 5.07. The molecule has 0 aliphatic carbocycles. The van der Waals surface area contributed by atoms with E-state index in [4.69, 9.17) is 5.73 Å². The second-order valence-corrected chi connectivity index (χ2v) is 5.88. The summed E-state index contributed by atoms with van der Waals surface area (Å²) < 4.78 is 0. The van der Waals surface area contributed by atoms with Crippen molar-refractivity contribution in [3.05, 3.63) is 0 Å². The summed E-state index contributed by atoms with van der Waals surface area (Å²) >= 11 is 0. The number of nitrogens with zero attached hydrogens (tertiary/aromatic N) is 2. The largest absolute Gasteiger partial charge is 0.392 e. The van der Waals surface area contributed by atoms with E-state index in [9.17, 15) is 9.90 Å². The minimum Gasteiger partial charge on any atom is -0.392 e. The van der Waals surface area contributed by atoms with Crippen molar-refractivity contribution in [2.75, 3.05) is 26.2 Å². The second-order valence-electron chi connectivity index (χ2n) is 5.88. The number of carbonyl (C=O) groups excluding carboxylic acids is 1. The zero-order valence-electron chi connectivity index (χ0n) is 12.8. The molecule has 1 rings (SSSR count). The highest BCUT2D eigenvalue weighted by Gasteiger charge is 2.33. The molecule has 122 valence electrons. The molecule has 7 heteroatoms. The van der Waals surface area contributed by atoms with Gasteiger partial charge in [-0.1, -0.05) is 6.92 Å². The molecule has 0 aromatic rings. The predicted molar refractivity (Wildman–Crippen MR) is 86.7 cm³/mol. The van der Waals surface area contributed by atoms with Crippen molar-refractivity contribution in [2.24, 2.45) is 5.73 Å². The highest BCUT2D eigenvalue weighted by atomic mass is 35.5. The monoisotopic (exact) mass is 329 g/mol. The first-order chi connectivity index (χ1) is 8.25. The summed E-state index contributed by atoms with van der Waals surface area (Å²) in [6.07, 6.45) is 0.647. The molecular weight excluding hydrogens is 301 g/mol. The second kappa shape index (κ2) is 9.05. The number of aliphatic hydroxyl groups is 1. The molecule has 5 nitrogen and oxygen atoms in total. The third kappa shape index (κ3) is 6.14. The average Bonchev–Trinajstić information content (AvgIpc) is 2.26. The van der Waals surface area contributed by atoms with Gasteiger partial charge in [0.2, 0.25) is 5.91 Å². The van der Waals surface area contributed by atoms with E-state index in [0.29, 0.717) is 25.7 Å². The molecule has 0 radical (unpaired) electrons. The molecule has 0 bridgehead atoms. The van der Waals surface area contributed by atoms with Crippen LogP contribution in [0, 0.1) is 0 Å². The van der Waals surface area contributed by atoms with Crippen LogP contribution in [-0.4, -0.2) is 64.7 Å². The van der Waals surface area contributed by atoms with Gasteiger partial charge in [-0.3, -0.25) is 9.69 Å². The highest BCUT2D eigenvalue weighted by Crippen LogP contribution is 2.16. The van der Waals surface area contributed by atoms with Crippen molar-refractivity contribution in [3.8, 4) is 0 Å². The van der Waals surface area contributed by atoms with Gasteiger partial charge in [0.05, 0.1) is 11.6 Å². The van der Waals surface area contributed by atoms with Gasteiger partial charge in [-0.05, 0) is 27.2 Å². The molecule has 3 N–H and O–H groups in total. The lowest BCUT2D eigenvalue weighted by Gasteiger charge is -2.43. The highest BCUT2D eigenvalue weighted by molar-refractivity contribution is 5.86. The van der Waals surface area contributed by atoms with Crippen LogP contribution >= 0.6 is 24.8 Å². The van der Waals surface area contributed by atoms with Crippen LogP contribution in [0.25, 0.3) is 0 Å². The SMILES string of the molecule is CCC1CN(C(=O)C(C)(C)N)CCN1CC(C)O.Cl.Cl. The Labute approximate surface area is 134 Å². The standard InChI is InChI=1S/C13H27N3O2.2ClH/c1-5-11-9-16(12(18)13(3,4)14)7-6-15(11)8-10(2)17;;/h10-11,17H,5-9,14H2,1-4H3;2*1H. The van der Waals surface area contributed by atoms with Crippen molar-refractivity contribution in [2.45, 2.75) is 51.8 Å². The van der Waals surface area contributed by atoms with Gasteiger partial charge in [0.15, 0.2) is 0 Å². The topological polar surface area (TPSA) is 69.8 Å². The first-order valence-electron chi connectivity index (χ1n) is 6.76. The molecule has 0 spiro atoms. The molecule has 0 aromatic heterocycles. The number of amides is 1. The van der Waals surface area contributed by atoms with Crippen molar-refractivity contribution in [1.29, 1.82) is 0 Å². The summed E-state index contributed by atoms with van der Waals surface area (Å²) in [5, 5.41) is 9.48. The average molecular weight is 330 g/mol. The summed E-state index contributed by atoms with van der Waals surface area (Å²) in [7, 11) is 0. The number of piperazine rings is 1. The van der Waals surface area contributed by atoms with Crippen LogP contribution in [0.5, 0.6) is 0 Å². The fourth-order valence-electron chi connectivity index (χ4n) is 2.45. The Kier molecular flexibility index (Phi) is 10.1. The van der Waals surface area contributed by atoms with E-state index in [0.717, 1.165) is 13.0 Å². The molecule has 1 amide bonds. The van der Waals surface area contributed by atoms with Crippen LogP contribution in [0.15, 0.2) is 0 Å². The number of hydrogen-bond donors (Lipinski definition) is 2. The van der Waals surface area contributed by atoms with Gasteiger partial charge in [-0.15, -0.1) is 24.8 Å². The van der Waals surface area contributed by atoms with Crippen LogP contribution in [0.2, 0.25) is 0 Å². The first kappa shape index (κ1) is 22.2. The van der Waals surface area contributed by atoms with Gasteiger partial charge in [0.1, 0.15) is 0 Å². The molecule has 20 heavy (non-hydrogen) atoms. The predicted octanol–water partition coefficient (Wildman–Crippen LogP) is 0.871. The molecule has 1 heterocycles. The molecule has 1 fully saturated rings. The third-order valence-corrected chi connectivity index (χ3v) is 3.41. The Morgan fingerprint density at radius 2 is 1.95 bits per heavy atom. The third-order valence-electron chi connectivity index (χ3n) is 3.41. The molecule has 2 unspecified atom stereocenters. The maximum Gasteiger partial charge on any atom is 0.242 e. The Morgan fingerprint density at radius 3 is 2.35 bits per heavy atom. The maximum atomic E-state index is 12.1. The Bertz CT molecular complexity index is 296. The van der Waals surface area contributed by atoms with E-state index >= 15 is 0 Å². The lowest BCUT2D eigenvalue weighted by Crippen LogP contribution is -2.60. The zero-order valence-corrected chi connectivity index (χ0v) is 14.5. The molecule has 1 aliphatic rings. The number of halogens is 2.